The van der Waals surface area contributed by atoms with Crippen LogP contribution in [0.4, 0.5) is 0 Å². The van der Waals surface area contributed by atoms with Gasteiger partial charge in [-0.05, 0) is 52.3 Å². The predicted molar refractivity (Wildman–Crippen MR) is 98.9 cm³/mol. The lowest BCUT2D eigenvalue weighted by Crippen LogP contribution is -2.48. The van der Waals surface area contributed by atoms with Crippen molar-refractivity contribution in [3.05, 3.63) is 46.7 Å². The van der Waals surface area contributed by atoms with Gasteiger partial charge < -0.3 is 10.2 Å². The van der Waals surface area contributed by atoms with Crippen LogP contribution in [0, 0.1) is 5.92 Å². The van der Waals surface area contributed by atoms with Gasteiger partial charge in [0.25, 0.3) is 0 Å². The fourth-order valence-corrected chi connectivity index (χ4v) is 3.33. The Morgan fingerprint density at radius 1 is 1.00 bits per heavy atom. The number of carboxylic acid groups (broad SMARTS) is 2. The van der Waals surface area contributed by atoms with Gasteiger partial charge in [-0.1, -0.05) is 38.1 Å². The summed E-state index contributed by atoms with van der Waals surface area (Å²) in [6.45, 7) is 3.83. The van der Waals surface area contributed by atoms with E-state index in [4.69, 9.17) is 0 Å². The summed E-state index contributed by atoms with van der Waals surface area (Å²) in [5.41, 5.74) is 3.06. The number of nitrogens with one attached hydrogen (secondary N) is 1. The molecule has 0 aliphatic rings. The Hall–Kier alpha value is -2.18. The molecule has 1 unspecified atom stereocenters. The van der Waals surface area contributed by atoms with Crippen LogP contribution in [-0.4, -0.2) is 34.2 Å². The third kappa shape index (κ3) is 5.69. The molecule has 1 aromatic heterocycles. The van der Waals surface area contributed by atoms with Crippen LogP contribution in [-0.2, 0) is 16.0 Å². The lowest BCUT2D eigenvalue weighted by atomic mass is 9.99. The average Bonchev–Trinajstić information content (AvgIpc) is 3.07. The minimum Gasteiger partial charge on any atom is -0.480 e. The van der Waals surface area contributed by atoms with E-state index in [1.165, 1.54) is 0 Å². The van der Waals surface area contributed by atoms with E-state index < -0.39 is 24.0 Å². The van der Waals surface area contributed by atoms with Gasteiger partial charge in [-0.15, -0.1) is 0 Å². The minimum absolute atomic E-state index is 0.160. The van der Waals surface area contributed by atoms with Gasteiger partial charge in [0.15, 0.2) is 0 Å². The zero-order valence-corrected chi connectivity index (χ0v) is 15.1. The average molecular weight is 361 g/mol. The second-order valence-electron chi connectivity index (χ2n) is 6.49. The van der Waals surface area contributed by atoms with Gasteiger partial charge in [0.2, 0.25) is 0 Å². The van der Waals surface area contributed by atoms with Crippen LogP contribution in [0.1, 0.15) is 25.8 Å². The Morgan fingerprint density at radius 3 is 2.12 bits per heavy atom. The molecule has 0 aliphatic carbocycles. The van der Waals surface area contributed by atoms with Crippen molar-refractivity contribution in [3.8, 4) is 11.1 Å². The predicted octanol–water partition coefficient (Wildman–Crippen LogP) is 3.50. The molecule has 0 aliphatic heterocycles. The number of carbonyl (C=O) groups is 2. The first-order valence-electron chi connectivity index (χ1n) is 8.20. The van der Waals surface area contributed by atoms with Gasteiger partial charge in [0.1, 0.15) is 12.1 Å². The van der Waals surface area contributed by atoms with Crippen LogP contribution in [0.25, 0.3) is 11.1 Å². The molecular formula is C19H23NO4S. The highest BCUT2D eigenvalue weighted by Crippen LogP contribution is 2.22. The number of aliphatic carboxylic acids is 2. The summed E-state index contributed by atoms with van der Waals surface area (Å²) in [5, 5.41) is 25.6. The van der Waals surface area contributed by atoms with E-state index in [0.717, 1.165) is 16.7 Å². The van der Waals surface area contributed by atoms with E-state index in [1.807, 2.05) is 49.6 Å². The van der Waals surface area contributed by atoms with Crippen molar-refractivity contribution in [1.82, 2.24) is 5.32 Å². The van der Waals surface area contributed by atoms with E-state index in [1.54, 1.807) is 11.3 Å². The second kappa shape index (κ2) is 8.78. The van der Waals surface area contributed by atoms with Crippen molar-refractivity contribution in [2.45, 2.75) is 38.8 Å². The highest BCUT2D eigenvalue weighted by molar-refractivity contribution is 7.08. The molecule has 134 valence electrons. The second-order valence-corrected chi connectivity index (χ2v) is 7.27. The molecule has 0 fully saturated rings. The maximum Gasteiger partial charge on any atom is 0.321 e. The Morgan fingerprint density at radius 2 is 1.64 bits per heavy atom. The number of rotatable bonds is 9. The van der Waals surface area contributed by atoms with Crippen molar-refractivity contribution < 1.29 is 19.8 Å². The van der Waals surface area contributed by atoms with E-state index >= 15 is 0 Å². The summed E-state index contributed by atoms with van der Waals surface area (Å²) in [7, 11) is 0. The van der Waals surface area contributed by atoms with Gasteiger partial charge in [-0.25, -0.2) is 0 Å². The first-order chi connectivity index (χ1) is 11.9. The van der Waals surface area contributed by atoms with E-state index in [9.17, 15) is 19.8 Å². The third-order valence-electron chi connectivity index (χ3n) is 3.95. The van der Waals surface area contributed by atoms with E-state index in [0.29, 0.717) is 6.42 Å². The summed E-state index contributed by atoms with van der Waals surface area (Å²) in [4.78, 5) is 22.9. The van der Waals surface area contributed by atoms with Crippen molar-refractivity contribution in [3.63, 3.8) is 0 Å². The van der Waals surface area contributed by atoms with Gasteiger partial charge in [-0.2, -0.15) is 11.3 Å². The van der Waals surface area contributed by atoms with Gasteiger partial charge in [0.05, 0.1) is 0 Å². The number of carboxylic acids is 2. The van der Waals surface area contributed by atoms with Crippen LogP contribution in [0.15, 0.2) is 41.1 Å². The Labute approximate surface area is 151 Å². The van der Waals surface area contributed by atoms with Gasteiger partial charge in [0, 0.05) is 0 Å². The van der Waals surface area contributed by atoms with Crippen LogP contribution >= 0.6 is 11.3 Å². The molecule has 1 heterocycles. The third-order valence-corrected chi connectivity index (χ3v) is 4.64. The smallest absolute Gasteiger partial charge is 0.321 e. The highest BCUT2D eigenvalue weighted by atomic mass is 32.1. The summed E-state index contributed by atoms with van der Waals surface area (Å²) in [5.74, 6) is -1.90. The summed E-state index contributed by atoms with van der Waals surface area (Å²) in [6.07, 6.45) is 0.622. The molecule has 5 nitrogen and oxygen atoms in total. The monoisotopic (exact) mass is 361 g/mol. The first kappa shape index (κ1) is 19.1. The zero-order valence-electron chi connectivity index (χ0n) is 14.3. The zero-order chi connectivity index (χ0) is 18.4. The highest BCUT2D eigenvalue weighted by Gasteiger charge is 2.26. The van der Waals surface area contributed by atoms with Crippen molar-refractivity contribution in [2.75, 3.05) is 0 Å². The normalized spacial score (nSPS) is 13.6. The molecule has 2 rings (SSSR count). The molecule has 0 spiro atoms. The lowest BCUT2D eigenvalue weighted by Gasteiger charge is -2.21. The molecule has 2 aromatic rings. The molecule has 0 amide bonds. The molecule has 3 N–H and O–H groups in total. The molecule has 0 saturated carbocycles. The molecule has 6 heteroatoms. The largest absolute Gasteiger partial charge is 0.480 e. The lowest BCUT2D eigenvalue weighted by molar-refractivity contribution is -0.142. The molecule has 2 atom stereocenters. The summed E-state index contributed by atoms with van der Waals surface area (Å²) in [6, 6.07) is 7.92. The summed E-state index contributed by atoms with van der Waals surface area (Å²) >= 11 is 1.62. The molecule has 0 saturated heterocycles. The quantitative estimate of drug-likeness (QED) is 0.636. The summed E-state index contributed by atoms with van der Waals surface area (Å²) < 4.78 is 0. The van der Waals surface area contributed by atoms with E-state index in [2.05, 4.69) is 10.7 Å². The van der Waals surface area contributed by atoms with Crippen LogP contribution in [0.3, 0.4) is 0 Å². The fraction of sp³-hybridized carbons (Fsp3) is 0.368. The fourth-order valence-electron chi connectivity index (χ4n) is 2.67. The molecule has 1 aromatic carbocycles. The van der Waals surface area contributed by atoms with Gasteiger partial charge in [-0.3, -0.25) is 14.9 Å². The maximum atomic E-state index is 11.5. The van der Waals surface area contributed by atoms with Crippen LogP contribution in [0.5, 0.6) is 0 Å². The van der Waals surface area contributed by atoms with Crippen molar-refractivity contribution >= 4 is 23.3 Å². The minimum atomic E-state index is -1.04. The Bertz CT molecular complexity index is 695. The topological polar surface area (TPSA) is 86.6 Å². The first-order valence-corrected chi connectivity index (χ1v) is 9.14. The molecule has 25 heavy (non-hydrogen) atoms. The maximum absolute atomic E-state index is 11.5. The van der Waals surface area contributed by atoms with Crippen molar-refractivity contribution in [2.24, 2.45) is 5.92 Å². The van der Waals surface area contributed by atoms with Crippen molar-refractivity contribution in [1.29, 1.82) is 0 Å². The number of thiophene rings is 1. The molecule has 0 bridgehead atoms. The van der Waals surface area contributed by atoms with Crippen LogP contribution < -0.4 is 5.32 Å². The Balaban J connectivity index is 2.08. The number of hydrogen-bond donors (Lipinski definition) is 3. The van der Waals surface area contributed by atoms with E-state index in [-0.39, 0.29) is 12.3 Å². The molecule has 0 radical (unpaired) electrons. The SMILES string of the molecule is CC(C)C[C@H](NC(Cc1ccc(-c2ccsc2)cc1)C(=O)O)C(=O)O. The van der Waals surface area contributed by atoms with Crippen LogP contribution in [0.2, 0.25) is 0 Å². The van der Waals surface area contributed by atoms with Gasteiger partial charge >= 0.3 is 11.9 Å². The number of benzene rings is 1. The molecular weight excluding hydrogens is 338 g/mol. The Kier molecular flexibility index (Phi) is 6.73. The number of hydrogen-bond acceptors (Lipinski definition) is 4. The standard InChI is InChI=1S/C19H23NO4S/c1-12(2)9-16(18(21)22)20-17(19(23)24)10-13-3-5-14(6-4-13)15-7-8-25-11-15/h3-8,11-12,16-17,20H,9-10H2,1-2H3,(H,21,22)(H,23,24)/t16-,17?/m0/s1.